The highest BCUT2D eigenvalue weighted by molar-refractivity contribution is 7.99. The van der Waals surface area contributed by atoms with Crippen LogP contribution in [0.4, 0.5) is 11.4 Å². The largest absolute Gasteiger partial charge is 0.397 e. The van der Waals surface area contributed by atoms with Crippen LogP contribution in [0.2, 0.25) is 0 Å². The predicted molar refractivity (Wildman–Crippen MR) is 82.8 cm³/mol. The molecule has 116 valence electrons. The molecule has 2 rings (SSSR count). The molecule has 2 unspecified atom stereocenters. The number of nitrogens with two attached hydrogens (primary N) is 1. The maximum absolute atomic E-state index is 12.4. The molecule has 1 aromatic rings. The Morgan fingerprint density at radius 1 is 1.43 bits per heavy atom. The van der Waals surface area contributed by atoms with Gasteiger partial charge in [0.25, 0.3) is 5.69 Å². The van der Waals surface area contributed by atoms with Crippen molar-refractivity contribution in [1.29, 1.82) is 0 Å². The van der Waals surface area contributed by atoms with Crippen molar-refractivity contribution in [2.75, 3.05) is 12.0 Å². The highest BCUT2D eigenvalue weighted by Gasteiger charge is 2.31. The molecule has 2 atom stereocenters. The second kappa shape index (κ2) is 6.20. The second-order valence-corrected chi connectivity index (χ2v) is 7.67. The zero-order valence-corrected chi connectivity index (χ0v) is 13.1. The fraction of sp³-hybridized carbons (Fsp3) is 0.500. The van der Waals surface area contributed by atoms with Gasteiger partial charge in [-0.05, 0) is 25.2 Å². The fourth-order valence-corrected chi connectivity index (χ4v) is 4.95. The van der Waals surface area contributed by atoms with Crippen LogP contribution in [0, 0.1) is 10.1 Å². The van der Waals surface area contributed by atoms with Gasteiger partial charge in [-0.15, -0.1) is 0 Å². The van der Waals surface area contributed by atoms with E-state index in [0.717, 1.165) is 31.4 Å². The second-order valence-electron chi connectivity index (χ2n) is 4.91. The molecule has 0 saturated heterocycles. The number of non-ortho nitro benzene ring substituents is 1. The smallest absolute Gasteiger partial charge is 0.271 e. The van der Waals surface area contributed by atoms with Crippen molar-refractivity contribution in [3.05, 3.63) is 28.3 Å². The van der Waals surface area contributed by atoms with Crippen LogP contribution in [-0.4, -0.2) is 30.9 Å². The maximum Gasteiger partial charge on any atom is 0.271 e. The molecule has 0 aromatic heterocycles. The van der Waals surface area contributed by atoms with Gasteiger partial charge in [0.05, 0.1) is 10.6 Å². The number of nitrogens with zero attached hydrogens (tertiary/aromatic N) is 1. The van der Waals surface area contributed by atoms with Crippen LogP contribution in [0.25, 0.3) is 0 Å². The first kappa shape index (κ1) is 16.1. The molecule has 1 aliphatic rings. The molecule has 0 bridgehead atoms. The molecule has 0 aliphatic heterocycles. The van der Waals surface area contributed by atoms with Crippen LogP contribution in [0.5, 0.6) is 0 Å². The predicted octanol–water partition coefficient (Wildman–Crippen LogP) is 1.74. The summed E-state index contributed by atoms with van der Waals surface area (Å²) < 4.78 is 27.4. The van der Waals surface area contributed by atoms with E-state index in [-0.39, 0.29) is 27.6 Å². The minimum absolute atomic E-state index is 0.111. The van der Waals surface area contributed by atoms with Crippen molar-refractivity contribution in [3.63, 3.8) is 0 Å². The average Bonchev–Trinajstić information content (AvgIpc) is 2.84. The standard InChI is InChI=1S/C12H17N3O4S2/c1-20-11-4-2-3-10(11)14-21(18,19)12-6-5-8(15(16)17)7-9(12)13/h5-7,10-11,14H,2-4,13H2,1H3. The first-order chi connectivity index (χ1) is 9.85. The highest BCUT2D eigenvalue weighted by Crippen LogP contribution is 2.30. The fourth-order valence-electron chi connectivity index (χ4n) is 2.50. The Bertz CT molecular complexity index is 648. The van der Waals surface area contributed by atoms with E-state index < -0.39 is 14.9 Å². The van der Waals surface area contributed by atoms with Gasteiger partial charge in [-0.1, -0.05) is 6.42 Å². The molecule has 1 saturated carbocycles. The van der Waals surface area contributed by atoms with Crippen LogP contribution >= 0.6 is 11.8 Å². The van der Waals surface area contributed by atoms with Gasteiger partial charge in [-0.2, -0.15) is 11.8 Å². The van der Waals surface area contributed by atoms with E-state index in [9.17, 15) is 18.5 Å². The molecule has 1 aromatic carbocycles. The van der Waals surface area contributed by atoms with Crippen molar-refractivity contribution in [1.82, 2.24) is 4.72 Å². The molecular weight excluding hydrogens is 314 g/mol. The summed E-state index contributed by atoms with van der Waals surface area (Å²) >= 11 is 1.64. The molecule has 0 heterocycles. The minimum Gasteiger partial charge on any atom is -0.397 e. The lowest BCUT2D eigenvalue weighted by Crippen LogP contribution is -2.38. The lowest BCUT2D eigenvalue weighted by molar-refractivity contribution is -0.384. The molecule has 7 nitrogen and oxygen atoms in total. The quantitative estimate of drug-likeness (QED) is 0.482. The minimum atomic E-state index is -3.77. The summed E-state index contributed by atoms with van der Waals surface area (Å²) in [5.74, 6) is 0. The van der Waals surface area contributed by atoms with Crippen molar-refractivity contribution in [2.45, 2.75) is 35.4 Å². The Kier molecular flexibility index (Phi) is 4.74. The van der Waals surface area contributed by atoms with E-state index in [0.29, 0.717) is 0 Å². The van der Waals surface area contributed by atoms with Crippen molar-refractivity contribution in [3.8, 4) is 0 Å². The Morgan fingerprint density at radius 2 is 2.14 bits per heavy atom. The van der Waals surface area contributed by atoms with Crippen molar-refractivity contribution >= 4 is 33.2 Å². The summed E-state index contributed by atoms with van der Waals surface area (Å²) in [5.41, 5.74) is 5.32. The SMILES string of the molecule is CSC1CCCC1NS(=O)(=O)c1ccc([N+](=O)[O-])cc1N. The Balaban J connectivity index is 2.25. The van der Waals surface area contributed by atoms with E-state index in [1.165, 1.54) is 6.07 Å². The molecule has 1 fully saturated rings. The molecule has 9 heteroatoms. The molecule has 3 N–H and O–H groups in total. The van der Waals surface area contributed by atoms with Gasteiger partial charge >= 0.3 is 0 Å². The van der Waals surface area contributed by atoms with Gasteiger partial charge in [-0.3, -0.25) is 10.1 Å². The molecule has 0 amide bonds. The summed E-state index contributed by atoms with van der Waals surface area (Å²) in [6, 6.07) is 3.26. The summed E-state index contributed by atoms with van der Waals surface area (Å²) in [4.78, 5) is 9.94. The highest BCUT2D eigenvalue weighted by atomic mass is 32.2. The Labute approximate surface area is 127 Å². The van der Waals surface area contributed by atoms with Gasteiger partial charge < -0.3 is 5.73 Å². The van der Waals surface area contributed by atoms with Gasteiger partial charge in [0.2, 0.25) is 10.0 Å². The normalized spacial score (nSPS) is 22.3. The lowest BCUT2D eigenvalue weighted by Gasteiger charge is -2.19. The third-order valence-electron chi connectivity index (χ3n) is 3.56. The number of rotatable bonds is 5. The number of hydrogen-bond acceptors (Lipinski definition) is 6. The molecule has 1 aliphatic carbocycles. The van der Waals surface area contributed by atoms with Crippen molar-refractivity contribution < 1.29 is 13.3 Å². The van der Waals surface area contributed by atoms with E-state index >= 15 is 0 Å². The van der Waals surface area contributed by atoms with Crippen LogP contribution < -0.4 is 10.5 Å². The number of thioether (sulfide) groups is 1. The molecule has 21 heavy (non-hydrogen) atoms. The number of hydrogen-bond donors (Lipinski definition) is 2. The summed E-state index contributed by atoms with van der Waals surface area (Å²) in [7, 11) is -3.77. The first-order valence-corrected chi connectivity index (χ1v) is 9.21. The zero-order chi connectivity index (χ0) is 15.6. The number of nitro benzene ring substituents is 1. The van der Waals surface area contributed by atoms with E-state index in [2.05, 4.69) is 4.72 Å². The number of nitrogens with one attached hydrogen (secondary N) is 1. The summed E-state index contributed by atoms with van der Waals surface area (Å²) in [6.07, 6.45) is 4.70. The van der Waals surface area contributed by atoms with Gasteiger partial charge in [0, 0.05) is 23.4 Å². The van der Waals surface area contributed by atoms with Gasteiger partial charge in [0.15, 0.2) is 0 Å². The maximum atomic E-state index is 12.4. The third-order valence-corrected chi connectivity index (χ3v) is 6.29. The van der Waals surface area contributed by atoms with Gasteiger partial charge in [-0.25, -0.2) is 13.1 Å². The Morgan fingerprint density at radius 3 is 2.71 bits per heavy atom. The number of sulfonamides is 1. The topological polar surface area (TPSA) is 115 Å². The summed E-state index contributed by atoms with van der Waals surface area (Å²) in [5, 5.41) is 10.9. The molecular formula is C12H17N3O4S2. The molecule has 0 spiro atoms. The lowest BCUT2D eigenvalue weighted by atomic mass is 10.3. The van der Waals surface area contributed by atoms with Gasteiger partial charge in [0.1, 0.15) is 4.90 Å². The Hall–Kier alpha value is -1.32. The third kappa shape index (κ3) is 3.47. The monoisotopic (exact) mass is 331 g/mol. The first-order valence-electron chi connectivity index (χ1n) is 6.44. The number of benzene rings is 1. The summed E-state index contributed by atoms with van der Waals surface area (Å²) in [6.45, 7) is 0. The van der Waals surface area contributed by atoms with E-state index in [4.69, 9.17) is 5.73 Å². The molecule has 0 radical (unpaired) electrons. The average molecular weight is 331 g/mol. The van der Waals surface area contributed by atoms with Crippen LogP contribution in [-0.2, 0) is 10.0 Å². The number of nitrogen functional groups attached to an aromatic ring is 1. The van der Waals surface area contributed by atoms with E-state index in [1.54, 1.807) is 11.8 Å². The van der Waals surface area contributed by atoms with Crippen LogP contribution in [0.15, 0.2) is 23.1 Å². The van der Waals surface area contributed by atoms with Crippen LogP contribution in [0.3, 0.4) is 0 Å². The number of anilines is 1. The van der Waals surface area contributed by atoms with Crippen LogP contribution in [0.1, 0.15) is 19.3 Å². The van der Waals surface area contributed by atoms with E-state index in [1.807, 2.05) is 6.26 Å². The number of nitro groups is 1. The van der Waals surface area contributed by atoms with Crippen molar-refractivity contribution in [2.24, 2.45) is 0 Å². The zero-order valence-electron chi connectivity index (χ0n) is 11.5.